The van der Waals surface area contributed by atoms with Gasteiger partial charge in [-0.05, 0) is 40.8 Å². The lowest BCUT2D eigenvalue weighted by molar-refractivity contribution is -0.138. The first-order valence-electron chi connectivity index (χ1n) is 5.02. The Labute approximate surface area is 121 Å². The summed E-state index contributed by atoms with van der Waals surface area (Å²) >= 11 is 3.55. The van der Waals surface area contributed by atoms with Crippen molar-refractivity contribution < 1.29 is 9.90 Å². The van der Waals surface area contributed by atoms with Crippen LogP contribution < -0.4 is 11.1 Å². The van der Waals surface area contributed by atoms with Crippen molar-refractivity contribution in [2.45, 2.75) is 6.04 Å². The average molecular weight is 375 g/mol. The van der Waals surface area contributed by atoms with Crippen LogP contribution in [0.4, 0.5) is 10.8 Å². The highest BCUT2D eigenvalue weighted by Gasteiger charge is 2.17. The second-order valence-corrected chi connectivity index (χ2v) is 5.63. The minimum Gasteiger partial charge on any atom is -0.480 e. The number of benzene rings is 1. The molecular weight excluding hydrogens is 365 g/mol. The summed E-state index contributed by atoms with van der Waals surface area (Å²) < 4.78 is 1.11. The van der Waals surface area contributed by atoms with Crippen molar-refractivity contribution in [3.63, 3.8) is 0 Å². The standard InChI is InChI=1S/C11H10IN3O2S/c12-6-2-1-3-7(4-6)14-11-15-8(5-18-11)9(13)10(16)17/h1-5,9H,13H2,(H,14,15)(H,16,17). The summed E-state index contributed by atoms with van der Waals surface area (Å²) in [6.45, 7) is 0. The van der Waals surface area contributed by atoms with E-state index in [-0.39, 0.29) is 0 Å². The molecule has 1 atom stereocenters. The van der Waals surface area contributed by atoms with E-state index < -0.39 is 12.0 Å². The molecule has 1 heterocycles. The highest BCUT2D eigenvalue weighted by atomic mass is 127. The van der Waals surface area contributed by atoms with Gasteiger partial charge in [0.2, 0.25) is 0 Å². The van der Waals surface area contributed by atoms with Gasteiger partial charge in [0.15, 0.2) is 5.13 Å². The molecule has 0 fully saturated rings. The zero-order valence-electron chi connectivity index (χ0n) is 9.13. The normalized spacial score (nSPS) is 12.1. The van der Waals surface area contributed by atoms with Crippen LogP contribution >= 0.6 is 33.9 Å². The van der Waals surface area contributed by atoms with E-state index in [4.69, 9.17) is 10.8 Å². The molecule has 0 saturated heterocycles. The minimum atomic E-state index is -1.08. The van der Waals surface area contributed by atoms with Crippen LogP contribution in [0.2, 0.25) is 0 Å². The molecule has 5 nitrogen and oxygen atoms in total. The maximum absolute atomic E-state index is 10.7. The number of carbonyl (C=O) groups is 1. The zero-order chi connectivity index (χ0) is 13.1. The predicted molar refractivity (Wildman–Crippen MR) is 79.1 cm³/mol. The molecule has 0 spiro atoms. The second-order valence-electron chi connectivity index (χ2n) is 3.53. The van der Waals surface area contributed by atoms with Crippen LogP contribution in [0.1, 0.15) is 11.7 Å². The number of anilines is 2. The predicted octanol–water partition coefficient (Wildman–Crippen LogP) is 2.58. The summed E-state index contributed by atoms with van der Waals surface area (Å²) in [5.41, 5.74) is 6.75. The summed E-state index contributed by atoms with van der Waals surface area (Å²) in [6, 6.07) is 6.73. The number of hydrogen-bond acceptors (Lipinski definition) is 5. The Morgan fingerprint density at radius 2 is 2.33 bits per heavy atom. The van der Waals surface area contributed by atoms with E-state index in [0.29, 0.717) is 10.8 Å². The third-order valence-electron chi connectivity index (χ3n) is 2.18. The topological polar surface area (TPSA) is 88.2 Å². The van der Waals surface area contributed by atoms with Gasteiger partial charge in [-0.3, -0.25) is 4.79 Å². The molecule has 4 N–H and O–H groups in total. The molecule has 18 heavy (non-hydrogen) atoms. The SMILES string of the molecule is NC(C(=O)O)c1csc(Nc2cccc(I)c2)n1. The number of carboxylic acid groups (broad SMARTS) is 1. The smallest absolute Gasteiger partial charge is 0.326 e. The van der Waals surface area contributed by atoms with Crippen molar-refractivity contribution >= 4 is 50.7 Å². The molecule has 1 aromatic heterocycles. The molecule has 0 saturated carbocycles. The van der Waals surface area contributed by atoms with Gasteiger partial charge in [-0.25, -0.2) is 4.98 Å². The Bertz CT molecular complexity index is 573. The van der Waals surface area contributed by atoms with Crippen molar-refractivity contribution in [1.82, 2.24) is 4.98 Å². The van der Waals surface area contributed by atoms with Crippen molar-refractivity contribution in [3.8, 4) is 0 Å². The minimum absolute atomic E-state index is 0.362. The first-order chi connectivity index (χ1) is 8.56. The van der Waals surface area contributed by atoms with E-state index in [0.717, 1.165) is 9.26 Å². The van der Waals surface area contributed by atoms with Gasteiger partial charge in [-0.1, -0.05) is 6.07 Å². The van der Waals surface area contributed by atoms with Crippen LogP contribution in [-0.4, -0.2) is 16.1 Å². The number of thiazole rings is 1. The van der Waals surface area contributed by atoms with Gasteiger partial charge in [0.1, 0.15) is 6.04 Å². The van der Waals surface area contributed by atoms with E-state index in [2.05, 4.69) is 32.9 Å². The summed E-state index contributed by atoms with van der Waals surface area (Å²) in [5, 5.41) is 14.2. The Morgan fingerprint density at radius 3 is 3.00 bits per heavy atom. The largest absolute Gasteiger partial charge is 0.480 e. The molecule has 2 aromatic rings. The van der Waals surface area contributed by atoms with Crippen molar-refractivity contribution in [3.05, 3.63) is 38.9 Å². The van der Waals surface area contributed by atoms with Gasteiger partial charge in [-0.15, -0.1) is 11.3 Å². The molecule has 0 aliphatic rings. The molecule has 0 bridgehead atoms. The fraction of sp³-hybridized carbons (Fsp3) is 0.0909. The molecule has 0 aliphatic carbocycles. The molecule has 94 valence electrons. The van der Waals surface area contributed by atoms with E-state index in [9.17, 15) is 4.79 Å². The lowest BCUT2D eigenvalue weighted by atomic mass is 10.2. The average Bonchev–Trinajstić information content (AvgIpc) is 2.76. The first-order valence-corrected chi connectivity index (χ1v) is 6.98. The molecule has 1 unspecified atom stereocenters. The third-order valence-corrected chi connectivity index (χ3v) is 3.63. The summed E-state index contributed by atoms with van der Waals surface area (Å²) in [7, 11) is 0. The van der Waals surface area contributed by atoms with E-state index in [1.54, 1.807) is 5.38 Å². The van der Waals surface area contributed by atoms with Crippen molar-refractivity contribution in [2.24, 2.45) is 5.73 Å². The van der Waals surface area contributed by atoms with Gasteiger partial charge in [0.05, 0.1) is 5.69 Å². The first kappa shape index (κ1) is 13.2. The molecule has 7 heteroatoms. The van der Waals surface area contributed by atoms with Gasteiger partial charge < -0.3 is 16.2 Å². The highest BCUT2D eigenvalue weighted by molar-refractivity contribution is 14.1. The van der Waals surface area contributed by atoms with Gasteiger partial charge in [0.25, 0.3) is 0 Å². The number of nitrogens with zero attached hydrogens (tertiary/aromatic N) is 1. The maximum atomic E-state index is 10.7. The molecular formula is C11H10IN3O2S. The van der Waals surface area contributed by atoms with Gasteiger partial charge in [0, 0.05) is 14.6 Å². The number of carboxylic acids is 1. The van der Waals surface area contributed by atoms with Crippen LogP contribution in [0, 0.1) is 3.57 Å². The van der Waals surface area contributed by atoms with E-state index in [1.165, 1.54) is 11.3 Å². The maximum Gasteiger partial charge on any atom is 0.326 e. The van der Waals surface area contributed by atoms with Crippen LogP contribution in [0.3, 0.4) is 0 Å². The quantitative estimate of drug-likeness (QED) is 0.715. The molecule has 2 rings (SSSR count). The van der Waals surface area contributed by atoms with E-state index in [1.807, 2.05) is 24.3 Å². The van der Waals surface area contributed by atoms with Gasteiger partial charge >= 0.3 is 5.97 Å². The van der Waals surface area contributed by atoms with Crippen molar-refractivity contribution in [1.29, 1.82) is 0 Å². The Kier molecular flexibility index (Phi) is 4.15. The second kappa shape index (κ2) is 5.63. The number of aromatic nitrogens is 1. The number of nitrogens with two attached hydrogens (primary N) is 1. The highest BCUT2D eigenvalue weighted by Crippen LogP contribution is 2.24. The Balaban J connectivity index is 2.14. The Hall–Kier alpha value is -1.19. The summed E-state index contributed by atoms with van der Waals surface area (Å²) in [4.78, 5) is 14.9. The fourth-order valence-electron chi connectivity index (χ4n) is 1.30. The lowest BCUT2D eigenvalue weighted by Crippen LogP contribution is -2.20. The lowest BCUT2D eigenvalue weighted by Gasteiger charge is -2.03. The number of hydrogen-bond donors (Lipinski definition) is 3. The third kappa shape index (κ3) is 3.18. The summed E-state index contributed by atoms with van der Waals surface area (Å²) in [6.07, 6.45) is 0. The van der Waals surface area contributed by atoms with Crippen LogP contribution in [-0.2, 0) is 4.79 Å². The number of halogens is 1. The Morgan fingerprint density at radius 1 is 1.56 bits per heavy atom. The summed E-state index contributed by atoms with van der Waals surface area (Å²) in [5.74, 6) is -1.08. The zero-order valence-corrected chi connectivity index (χ0v) is 12.1. The number of nitrogens with one attached hydrogen (secondary N) is 1. The fourth-order valence-corrected chi connectivity index (χ4v) is 2.61. The van der Waals surface area contributed by atoms with Crippen molar-refractivity contribution in [2.75, 3.05) is 5.32 Å². The molecule has 0 radical (unpaired) electrons. The van der Waals surface area contributed by atoms with Crippen LogP contribution in [0.25, 0.3) is 0 Å². The van der Waals surface area contributed by atoms with Crippen LogP contribution in [0.15, 0.2) is 29.6 Å². The number of rotatable bonds is 4. The molecule has 1 aromatic carbocycles. The van der Waals surface area contributed by atoms with Crippen LogP contribution in [0.5, 0.6) is 0 Å². The number of aliphatic carboxylic acids is 1. The van der Waals surface area contributed by atoms with E-state index >= 15 is 0 Å². The molecule has 0 aliphatic heterocycles. The molecule has 0 amide bonds. The van der Waals surface area contributed by atoms with Gasteiger partial charge in [-0.2, -0.15) is 0 Å². The monoisotopic (exact) mass is 375 g/mol.